The summed E-state index contributed by atoms with van der Waals surface area (Å²) in [5, 5.41) is 2.03. The van der Waals surface area contributed by atoms with Crippen molar-refractivity contribution in [1.29, 1.82) is 0 Å². The highest BCUT2D eigenvalue weighted by Crippen LogP contribution is 2.30. The van der Waals surface area contributed by atoms with E-state index < -0.39 is 0 Å². The third-order valence-electron chi connectivity index (χ3n) is 1.69. The lowest BCUT2D eigenvalue weighted by atomic mass is 10.3. The third-order valence-corrected chi connectivity index (χ3v) is 3.82. The van der Waals surface area contributed by atoms with E-state index in [1.165, 1.54) is 27.8 Å². The first-order valence-corrected chi connectivity index (χ1v) is 5.50. The Labute approximate surface area is 83.8 Å². The molecule has 0 unspecified atom stereocenters. The maximum Gasteiger partial charge on any atom is 0.198 e. The number of rotatable bonds is 3. The van der Waals surface area contributed by atoms with Crippen molar-refractivity contribution in [3.05, 3.63) is 22.4 Å². The highest BCUT2D eigenvalue weighted by atomic mass is 32.1. The molecule has 0 atom stereocenters. The summed E-state index contributed by atoms with van der Waals surface area (Å²) < 4.78 is 7.16. The van der Waals surface area contributed by atoms with Crippen LogP contribution in [0.4, 0.5) is 0 Å². The zero-order chi connectivity index (χ0) is 9.26. The van der Waals surface area contributed by atoms with E-state index in [4.69, 9.17) is 4.74 Å². The van der Waals surface area contributed by atoms with Gasteiger partial charge in [0.2, 0.25) is 0 Å². The minimum absolute atomic E-state index is 0.0656. The van der Waals surface area contributed by atoms with E-state index in [1.54, 1.807) is 11.3 Å². The number of carbonyl (C=O) groups is 1. The molecule has 2 aromatic rings. The monoisotopic (exact) mass is 212 g/mol. The largest absolute Gasteiger partial charge is 0.376 e. The van der Waals surface area contributed by atoms with Crippen molar-refractivity contribution in [1.82, 2.24) is 0 Å². The molecule has 0 aromatic carbocycles. The number of thiophene rings is 2. The van der Waals surface area contributed by atoms with E-state index in [-0.39, 0.29) is 12.4 Å². The molecule has 2 rings (SSSR count). The number of carbonyl (C=O) groups excluding carboxylic acids is 1. The van der Waals surface area contributed by atoms with Gasteiger partial charge in [-0.05, 0) is 17.5 Å². The summed E-state index contributed by atoms with van der Waals surface area (Å²) in [4.78, 5) is 12.2. The van der Waals surface area contributed by atoms with Crippen molar-refractivity contribution in [2.24, 2.45) is 0 Å². The predicted octanol–water partition coefficient (Wildman–Crippen LogP) is 2.79. The molecule has 0 fully saturated rings. The molecule has 68 valence electrons. The highest BCUT2D eigenvalue weighted by Gasteiger charge is 2.09. The second-order valence-electron chi connectivity index (χ2n) is 2.62. The molecule has 0 N–H and O–H groups in total. The first-order valence-electron chi connectivity index (χ1n) is 3.80. The Morgan fingerprint density at radius 1 is 1.54 bits per heavy atom. The van der Waals surface area contributed by atoms with Crippen LogP contribution in [0.3, 0.4) is 0 Å². The normalized spacial score (nSPS) is 10.8. The number of hydrogen-bond donors (Lipinski definition) is 0. The molecule has 2 heterocycles. The van der Waals surface area contributed by atoms with Crippen LogP contribution >= 0.6 is 22.7 Å². The molecule has 2 nitrogen and oxygen atoms in total. The molecule has 0 aliphatic heterocycles. The van der Waals surface area contributed by atoms with E-state index in [2.05, 4.69) is 0 Å². The summed E-state index contributed by atoms with van der Waals surface area (Å²) in [6, 6.07) is 3.97. The molecule has 0 bridgehead atoms. The van der Waals surface area contributed by atoms with Crippen molar-refractivity contribution in [2.75, 3.05) is 13.7 Å². The van der Waals surface area contributed by atoms with Crippen LogP contribution in [0, 0.1) is 0 Å². The van der Waals surface area contributed by atoms with Crippen LogP contribution in [0.15, 0.2) is 17.5 Å². The highest BCUT2D eigenvalue weighted by molar-refractivity contribution is 7.27. The molecule has 2 aromatic heterocycles. The van der Waals surface area contributed by atoms with Gasteiger partial charge in [0.1, 0.15) is 6.61 Å². The summed E-state index contributed by atoms with van der Waals surface area (Å²) in [5.74, 6) is 0.0656. The summed E-state index contributed by atoms with van der Waals surface area (Å²) in [5.41, 5.74) is 0. The standard InChI is InChI=1S/C9H8O2S2/c1-11-5-6(10)8-4-9-7(13-8)2-3-12-9/h2-4H,5H2,1H3. The lowest BCUT2D eigenvalue weighted by Crippen LogP contribution is -2.04. The van der Waals surface area contributed by atoms with E-state index in [0.717, 1.165) is 4.88 Å². The number of methoxy groups -OCH3 is 1. The lowest BCUT2D eigenvalue weighted by Gasteiger charge is -1.92. The molecule has 0 saturated heterocycles. The van der Waals surface area contributed by atoms with Gasteiger partial charge >= 0.3 is 0 Å². The van der Waals surface area contributed by atoms with Crippen molar-refractivity contribution >= 4 is 37.9 Å². The van der Waals surface area contributed by atoms with E-state index in [0.29, 0.717) is 0 Å². The molecule has 0 aliphatic rings. The van der Waals surface area contributed by atoms with Crippen LogP contribution in [-0.2, 0) is 4.74 Å². The zero-order valence-electron chi connectivity index (χ0n) is 7.07. The minimum Gasteiger partial charge on any atom is -0.376 e. The minimum atomic E-state index is 0.0656. The van der Waals surface area contributed by atoms with Gasteiger partial charge in [0, 0.05) is 16.5 Å². The van der Waals surface area contributed by atoms with Crippen molar-refractivity contribution < 1.29 is 9.53 Å². The molecule has 0 saturated carbocycles. The first kappa shape index (κ1) is 8.87. The van der Waals surface area contributed by atoms with Crippen molar-refractivity contribution in [3.8, 4) is 0 Å². The molecular formula is C9H8O2S2. The molecule has 4 heteroatoms. The van der Waals surface area contributed by atoms with Gasteiger partial charge in [0.05, 0.1) is 4.88 Å². The molecule has 13 heavy (non-hydrogen) atoms. The second-order valence-corrected chi connectivity index (χ2v) is 4.65. The fraction of sp³-hybridized carbons (Fsp3) is 0.222. The van der Waals surface area contributed by atoms with Gasteiger partial charge in [-0.2, -0.15) is 0 Å². The maximum atomic E-state index is 11.4. The summed E-state index contributed by atoms with van der Waals surface area (Å²) >= 11 is 3.19. The number of ketones is 1. The van der Waals surface area contributed by atoms with E-state index in [1.807, 2.05) is 17.5 Å². The number of ether oxygens (including phenoxy) is 1. The van der Waals surface area contributed by atoms with Gasteiger partial charge in [-0.1, -0.05) is 0 Å². The molecule has 0 spiro atoms. The summed E-state index contributed by atoms with van der Waals surface area (Å²) in [7, 11) is 1.54. The van der Waals surface area contributed by atoms with Gasteiger partial charge in [-0.3, -0.25) is 4.79 Å². The quantitative estimate of drug-likeness (QED) is 0.731. The number of fused-ring (bicyclic) bond motifs is 1. The fourth-order valence-electron chi connectivity index (χ4n) is 1.11. The average Bonchev–Trinajstić information content (AvgIpc) is 2.61. The Balaban J connectivity index is 2.34. The Kier molecular flexibility index (Phi) is 2.44. The van der Waals surface area contributed by atoms with Gasteiger partial charge in [-0.15, -0.1) is 22.7 Å². The predicted molar refractivity (Wildman–Crippen MR) is 55.9 cm³/mol. The molecule has 0 amide bonds. The van der Waals surface area contributed by atoms with Gasteiger partial charge < -0.3 is 4.74 Å². The van der Waals surface area contributed by atoms with Crippen LogP contribution < -0.4 is 0 Å². The Hall–Kier alpha value is -0.710. The van der Waals surface area contributed by atoms with Crippen LogP contribution in [0.1, 0.15) is 9.67 Å². The summed E-state index contributed by atoms with van der Waals surface area (Å²) in [6.07, 6.45) is 0. The molecule has 0 radical (unpaired) electrons. The van der Waals surface area contributed by atoms with Gasteiger partial charge in [0.15, 0.2) is 5.78 Å². The van der Waals surface area contributed by atoms with Gasteiger partial charge in [-0.25, -0.2) is 0 Å². The van der Waals surface area contributed by atoms with Crippen molar-refractivity contribution in [3.63, 3.8) is 0 Å². The smallest absolute Gasteiger partial charge is 0.198 e. The third kappa shape index (κ3) is 1.65. The second kappa shape index (κ2) is 3.57. The Morgan fingerprint density at radius 3 is 3.08 bits per heavy atom. The SMILES string of the molecule is COCC(=O)c1cc2sccc2s1. The van der Waals surface area contributed by atoms with E-state index in [9.17, 15) is 4.79 Å². The molecular weight excluding hydrogens is 204 g/mol. The average molecular weight is 212 g/mol. The van der Waals surface area contributed by atoms with Crippen LogP contribution in [0.2, 0.25) is 0 Å². The van der Waals surface area contributed by atoms with Crippen LogP contribution in [0.25, 0.3) is 9.40 Å². The topological polar surface area (TPSA) is 26.3 Å². The lowest BCUT2D eigenvalue weighted by molar-refractivity contribution is 0.0852. The first-order chi connectivity index (χ1) is 6.31. The van der Waals surface area contributed by atoms with E-state index >= 15 is 0 Å². The Morgan fingerprint density at radius 2 is 2.38 bits per heavy atom. The summed E-state index contributed by atoms with van der Waals surface area (Å²) in [6.45, 7) is 0.174. The van der Waals surface area contributed by atoms with Crippen LogP contribution in [0.5, 0.6) is 0 Å². The maximum absolute atomic E-state index is 11.4. The number of hydrogen-bond acceptors (Lipinski definition) is 4. The van der Waals surface area contributed by atoms with Crippen molar-refractivity contribution in [2.45, 2.75) is 0 Å². The fourth-order valence-corrected chi connectivity index (χ4v) is 3.14. The number of Topliss-reactive ketones (excluding diaryl/α,β-unsaturated/α-hetero) is 1. The Bertz CT molecular complexity index is 399. The zero-order valence-corrected chi connectivity index (χ0v) is 8.71. The van der Waals surface area contributed by atoms with Crippen LogP contribution in [-0.4, -0.2) is 19.5 Å². The van der Waals surface area contributed by atoms with Gasteiger partial charge in [0.25, 0.3) is 0 Å². The molecule has 0 aliphatic carbocycles.